The highest BCUT2D eigenvalue weighted by molar-refractivity contribution is 7.98. The van der Waals surface area contributed by atoms with Crippen LogP contribution in [0.2, 0.25) is 0 Å². The molecular weight excluding hydrogens is 284 g/mol. The number of carbonyl (C=O) groups is 2. The van der Waals surface area contributed by atoms with Gasteiger partial charge in [0.1, 0.15) is 0 Å². The van der Waals surface area contributed by atoms with Crippen molar-refractivity contribution in [3.8, 4) is 0 Å². The van der Waals surface area contributed by atoms with Crippen molar-refractivity contribution in [1.82, 2.24) is 4.90 Å². The Bertz CT molecular complexity index is 545. The van der Waals surface area contributed by atoms with E-state index in [0.29, 0.717) is 6.54 Å². The highest BCUT2D eigenvalue weighted by Crippen LogP contribution is 2.25. The second-order valence-electron chi connectivity index (χ2n) is 5.50. The summed E-state index contributed by atoms with van der Waals surface area (Å²) in [5.74, 6) is -0.316. The molecule has 1 aliphatic rings. The third kappa shape index (κ3) is 3.79. The van der Waals surface area contributed by atoms with Gasteiger partial charge in [0, 0.05) is 29.5 Å². The van der Waals surface area contributed by atoms with E-state index in [1.165, 1.54) is 0 Å². The summed E-state index contributed by atoms with van der Waals surface area (Å²) >= 11 is 1.62. The van der Waals surface area contributed by atoms with E-state index in [-0.39, 0.29) is 24.3 Å². The summed E-state index contributed by atoms with van der Waals surface area (Å²) in [5, 5.41) is 0. The van der Waals surface area contributed by atoms with Gasteiger partial charge in [-0.3, -0.25) is 9.59 Å². The smallest absolute Gasteiger partial charge is 0.254 e. The molecule has 0 radical (unpaired) electrons. The molecule has 1 heterocycles. The molecule has 2 amide bonds. The van der Waals surface area contributed by atoms with E-state index in [0.717, 1.165) is 35.3 Å². The number of aryl methyl sites for hydroxylation is 1. The Hall–Kier alpha value is -1.49. The van der Waals surface area contributed by atoms with E-state index in [9.17, 15) is 9.59 Å². The Labute approximate surface area is 130 Å². The third-order valence-electron chi connectivity index (χ3n) is 4.00. The van der Waals surface area contributed by atoms with E-state index in [1.807, 2.05) is 36.3 Å². The maximum absolute atomic E-state index is 12.8. The van der Waals surface area contributed by atoms with Crippen LogP contribution in [0.15, 0.2) is 23.1 Å². The molecule has 2 N–H and O–H groups in total. The van der Waals surface area contributed by atoms with Gasteiger partial charge in [0.25, 0.3) is 5.91 Å². The van der Waals surface area contributed by atoms with Gasteiger partial charge in [0.15, 0.2) is 0 Å². The lowest BCUT2D eigenvalue weighted by Crippen LogP contribution is -2.45. The van der Waals surface area contributed by atoms with Gasteiger partial charge in [0.2, 0.25) is 5.91 Å². The normalized spacial score (nSPS) is 18.6. The second kappa shape index (κ2) is 6.98. The number of likely N-dealkylation sites (tertiary alicyclic amines) is 1. The maximum Gasteiger partial charge on any atom is 0.254 e. The lowest BCUT2D eigenvalue weighted by atomic mass is 9.97. The minimum Gasteiger partial charge on any atom is -0.370 e. The molecule has 1 aromatic carbocycles. The van der Waals surface area contributed by atoms with E-state index in [4.69, 9.17) is 5.73 Å². The summed E-state index contributed by atoms with van der Waals surface area (Å²) in [6, 6.07) is 5.89. The van der Waals surface area contributed by atoms with E-state index >= 15 is 0 Å². The number of hydrogen-bond acceptors (Lipinski definition) is 3. The fourth-order valence-electron chi connectivity index (χ4n) is 2.83. The number of rotatable bonds is 4. The van der Waals surface area contributed by atoms with Gasteiger partial charge in [-0.15, -0.1) is 11.8 Å². The Morgan fingerprint density at radius 2 is 2.14 bits per heavy atom. The van der Waals surface area contributed by atoms with Gasteiger partial charge in [0.05, 0.1) is 0 Å². The zero-order valence-electron chi connectivity index (χ0n) is 12.6. The highest BCUT2D eigenvalue weighted by Gasteiger charge is 2.29. The van der Waals surface area contributed by atoms with Crippen molar-refractivity contribution in [1.29, 1.82) is 0 Å². The van der Waals surface area contributed by atoms with Crippen molar-refractivity contribution in [3.63, 3.8) is 0 Å². The first-order valence-corrected chi connectivity index (χ1v) is 8.49. The number of piperidine rings is 1. The van der Waals surface area contributed by atoms with E-state index in [1.54, 1.807) is 11.8 Å². The van der Waals surface area contributed by atoms with Crippen LogP contribution in [0.4, 0.5) is 0 Å². The van der Waals surface area contributed by atoms with Crippen LogP contribution < -0.4 is 5.73 Å². The summed E-state index contributed by atoms with van der Waals surface area (Å²) in [7, 11) is 0. The Balaban J connectivity index is 2.26. The quantitative estimate of drug-likeness (QED) is 0.870. The molecule has 1 aromatic rings. The second-order valence-corrected chi connectivity index (χ2v) is 6.38. The van der Waals surface area contributed by atoms with Crippen molar-refractivity contribution in [2.45, 2.75) is 43.5 Å². The van der Waals surface area contributed by atoms with Crippen molar-refractivity contribution in [2.75, 3.05) is 12.8 Å². The number of thioether (sulfide) groups is 1. The molecule has 21 heavy (non-hydrogen) atoms. The first-order chi connectivity index (χ1) is 10.0. The fourth-order valence-corrected chi connectivity index (χ4v) is 3.27. The molecule has 1 atom stereocenters. The van der Waals surface area contributed by atoms with Crippen LogP contribution in [-0.2, 0) is 4.79 Å². The number of amides is 2. The molecule has 0 bridgehead atoms. The summed E-state index contributed by atoms with van der Waals surface area (Å²) in [5.41, 5.74) is 7.03. The highest BCUT2D eigenvalue weighted by atomic mass is 32.2. The van der Waals surface area contributed by atoms with Crippen LogP contribution in [0.25, 0.3) is 0 Å². The van der Waals surface area contributed by atoms with Gasteiger partial charge in [-0.25, -0.2) is 0 Å². The van der Waals surface area contributed by atoms with Gasteiger partial charge in [-0.1, -0.05) is 6.07 Å². The summed E-state index contributed by atoms with van der Waals surface area (Å²) in [6.45, 7) is 2.66. The maximum atomic E-state index is 12.8. The minimum atomic E-state index is -0.339. The molecule has 114 valence electrons. The first-order valence-electron chi connectivity index (χ1n) is 7.27. The molecule has 2 rings (SSSR count). The molecule has 0 spiro atoms. The van der Waals surface area contributed by atoms with Crippen molar-refractivity contribution in [3.05, 3.63) is 29.3 Å². The van der Waals surface area contributed by atoms with Gasteiger partial charge < -0.3 is 10.6 Å². The number of nitrogens with two attached hydrogens (primary N) is 1. The average Bonchev–Trinajstić information content (AvgIpc) is 2.47. The van der Waals surface area contributed by atoms with Crippen molar-refractivity contribution >= 4 is 23.6 Å². The van der Waals surface area contributed by atoms with Crippen molar-refractivity contribution < 1.29 is 9.59 Å². The van der Waals surface area contributed by atoms with Crippen LogP contribution >= 0.6 is 11.8 Å². The average molecular weight is 306 g/mol. The van der Waals surface area contributed by atoms with Crippen LogP contribution in [-0.4, -0.2) is 35.6 Å². The summed E-state index contributed by atoms with van der Waals surface area (Å²) in [4.78, 5) is 27.0. The van der Waals surface area contributed by atoms with Gasteiger partial charge >= 0.3 is 0 Å². The Morgan fingerprint density at radius 1 is 1.38 bits per heavy atom. The fraction of sp³-hybridized carbons (Fsp3) is 0.500. The van der Waals surface area contributed by atoms with Crippen LogP contribution in [0.1, 0.15) is 41.6 Å². The predicted octanol–water partition coefficient (Wildman–Crippen LogP) is 2.59. The topological polar surface area (TPSA) is 63.4 Å². The molecule has 1 fully saturated rings. The number of primary amides is 1. The molecule has 0 aromatic heterocycles. The third-order valence-corrected chi connectivity index (χ3v) is 4.73. The lowest BCUT2D eigenvalue weighted by molar-refractivity contribution is -0.119. The molecule has 5 heteroatoms. The molecular formula is C16H22N2O2S. The summed E-state index contributed by atoms with van der Waals surface area (Å²) < 4.78 is 0. The Kier molecular flexibility index (Phi) is 5.28. The number of benzene rings is 1. The molecule has 1 aliphatic heterocycles. The zero-order valence-corrected chi connectivity index (χ0v) is 13.4. The molecule has 1 saturated heterocycles. The van der Waals surface area contributed by atoms with Gasteiger partial charge in [-0.05, 0) is 50.1 Å². The Morgan fingerprint density at radius 3 is 2.81 bits per heavy atom. The van der Waals surface area contributed by atoms with Crippen LogP contribution in [0.5, 0.6) is 0 Å². The lowest BCUT2D eigenvalue weighted by Gasteiger charge is -2.35. The van der Waals surface area contributed by atoms with E-state index < -0.39 is 0 Å². The summed E-state index contributed by atoms with van der Waals surface area (Å²) in [6.07, 6.45) is 5.15. The minimum absolute atomic E-state index is 0.0225. The predicted molar refractivity (Wildman–Crippen MR) is 85.4 cm³/mol. The monoisotopic (exact) mass is 306 g/mol. The van der Waals surface area contributed by atoms with Gasteiger partial charge in [-0.2, -0.15) is 0 Å². The number of hydrogen-bond donors (Lipinski definition) is 1. The zero-order chi connectivity index (χ0) is 15.4. The number of nitrogens with zero attached hydrogens (tertiary/aromatic N) is 1. The molecule has 0 aliphatic carbocycles. The molecule has 0 unspecified atom stereocenters. The SMILES string of the molecule is CSc1ccc(C)c(C(=O)N2CCCC[C@@H]2CC(N)=O)c1. The standard InChI is InChI=1S/C16H22N2O2S/c1-11-6-7-13(21-2)10-14(11)16(20)18-8-4-3-5-12(18)9-15(17)19/h6-7,10,12H,3-5,8-9H2,1-2H3,(H2,17,19)/t12-/m1/s1. The number of carbonyl (C=O) groups excluding carboxylic acids is 2. The largest absolute Gasteiger partial charge is 0.370 e. The molecule has 4 nitrogen and oxygen atoms in total. The molecule has 0 saturated carbocycles. The first kappa shape index (κ1) is 15.9. The van der Waals surface area contributed by atoms with Crippen LogP contribution in [0, 0.1) is 6.92 Å². The van der Waals surface area contributed by atoms with E-state index in [2.05, 4.69) is 0 Å². The van der Waals surface area contributed by atoms with Crippen molar-refractivity contribution in [2.24, 2.45) is 5.73 Å². The van der Waals surface area contributed by atoms with Crippen LogP contribution in [0.3, 0.4) is 0 Å².